The van der Waals surface area contributed by atoms with E-state index in [9.17, 15) is 9.90 Å². The number of carboxylic acids is 1. The number of carboxylic acid groups (broad SMARTS) is 1. The Kier molecular flexibility index (Phi) is 3.23. The van der Waals surface area contributed by atoms with E-state index in [2.05, 4.69) is 18.7 Å². The van der Waals surface area contributed by atoms with Gasteiger partial charge in [0.25, 0.3) is 0 Å². The first-order chi connectivity index (χ1) is 7.88. The van der Waals surface area contributed by atoms with Crippen molar-refractivity contribution in [1.29, 1.82) is 0 Å². The fourth-order valence-corrected chi connectivity index (χ4v) is 3.54. The normalized spacial score (nSPS) is 37.5. The molecule has 2 aliphatic rings. The van der Waals surface area contributed by atoms with Crippen LogP contribution in [0.4, 0.5) is 0 Å². The smallest absolute Gasteiger partial charge is 0.310 e. The Morgan fingerprint density at radius 2 is 2.12 bits per heavy atom. The molecule has 1 saturated heterocycles. The number of hydrogen-bond acceptors (Lipinski definition) is 2. The highest BCUT2D eigenvalue weighted by Crippen LogP contribution is 2.43. The van der Waals surface area contributed by atoms with Crippen LogP contribution in [0.5, 0.6) is 0 Å². The zero-order valence-corrected chi connectivity index (χ0v) is 11.3. The van der Waals surface area contributed by atoms with Crippen molar-refractivity contribution in [3.8, 4) is 0 Å². The van der Waals surface area contributed by atoms with E-state index in [0.29, 0.717) is 11.5 Å². The molecule has 1 aliphatic heterocycles. The number of aliphatic carboxylic acids is 1. The third-order valence-electron chi connectivity index (χ3n) is 4.97. The van der Waals surface area contributed by atoms with Gasteiger partial charge in [0.2, 0.25) is 0 Å². The number of hydrogen-bond donors (Lipinski definition) is 1. The molecule has 0 aromatic carbocycles. The van der Waals surface area contributed by atoms with Gasteiger partial charge in [-0.1, -0.05) is 20.8 Å². The SMILES string of the molecule is CCC1(C(=O)O)CCN(C2CCC(C)(C)C2)C1. The van der Waals surface area contributed by atoms with Crippen LogP contribution in [-0.2, 0) is 4.79 Å². The van der Waals surface area contributed by atoms with E-state index in [1.54, 1.807) is 0 Å². The predicted molar refractivity (Wildman–Crippen MR) is 68.0 cm³/mol. The molecule has 3 heteroatoms. The van der Waals surface area contributed by atoms with Crippen LogP contribution in [0.1, 0.15) is 52.9 Å². The van der Waals surface area contributed by atoms with Crippen molar-refractivity contribution in [2.45, 2.75) is 58.9 Å². The molecule has 1 heterocycles. The third-order valence-corrected chi connectivity index (χ3v) is 4.97. The Morgan fingerprint density at radius 3 is 2.53 bits per heavy atom. The molecule has 1 aliphatic carbocycles. The minimum Gasteiger partial charge on any atom is -0.481 e. The predicted octanol–water partition coefficient (Wildman–Crippen LogP) is 2.75. The summed E-state index contributed by atoms with van der Waals surface area (Å²) in [6.07, 6.45) is 5.34. The van der Waals surface area contributed by atoms with Crippen molar-refractivity contribution < 1.29 is 9.90 Å². The summed E-state index contributed by atoms with van der Waals surface area (Å²) >= 11 is 0. The first-order valence-electron chi connectivity index (χ1n) is 6.86. The van der Waals surface area contributed by atoms with E-state index >= 15 is 0 Å². The largest absolute Gasteiger partial charge is 0.481 e. The molecule has 1 saturated carbocycles. The molecule has 2 rings (SSSR count). The number of carbonyl (C=O) groups is 1. The lowest BCUT2D eigenvalue weighted by molar-refractivity contribution is -0.148. The Labute approximate surface area is 104 Å². The average molecular weight is 239 g/mol. The van der Waals surface area contributed by atoms with Crippen molar-refractivity contribution in [3.05, 3.63) is 0 Å². The van der Waals surface area contributed by atoms with Crippen molar-refractivity contribution in [2.75, 3.05) is 13.1 Å². The lowest BCUT2D eigenvalue weighted by Gasteiger charge is -2.28. The Bertz CT molecular complexity index is 313. The van der Waals surface area contributed by atoms with Gasteiger partial charge in [0.1, 0.15) is 0 Å². The van der Waals surface area contributed by atoms with Crippen LogP contribution in [0.15, 0.2) is 0 Å². The van der Waals surface area contributed by atoms with Gasteiger partial charge in [0.15, 0.2) is 0 Å². The van der Waals surface area contributed by atoms with E-state index in [0.717, 1.165) is 25.9 Å². The van der Waals surface area contributed by atoms with Gasteiger partial charge in [-0.3, -0.25) is 9.69 Å². The van der Waals surface area contributed by atoms with Crippen molar-refractivity contribution >= 4 is 5.97 Å². The fourth-order valence-electron chi connectivity index (χ4n) is 3.54. The van der Waals surface area contributed by atoms with E-state index in [1.165, 1.54) is 19.3 Å². The molecule has 0 radical (unpaired) electrons. The molecular weight excluding hydrogens is 214 g/mol. The quantitative estimate of drug-likeness (QED) is 0.823. The van der Waals surface area contributed by atoms with Gasteiger partial charge in [-0.2, -0.15) is 0 Å². The van der Waals surface area contributed by atoms with Crippen LogP contribution < -0.4 is 0 Å². The van der Waals surface area contributed by atoms with E-state index < -0.39 is 11.4 Å². The maximum Gasteiger partial charge on any atom is 0.310 e. The van der Waals surface area contributed by atoms with Crippen LogP contribution in [0.25, 0.3) is 0 Å². The molecule has 3 nitrogen and oxygen atoms in total. The minimum absolute atomic E-state index is 0.450. The molecule has 1 N–H and O–H groups in total. The van der Waals surface area contributed by atoms with E-state index in [1.807, 2.05) is 6.92 Å². The highest BCUT2D eigenvalue weighted by molar-refractivity contribution is 5.75. The van der Waals surface area contributed by atoms with E-state index in [4.69, 9.17) is 0 Å². The van der Waals surface area contributed by atoms with Gasteiger partial charge < -0.3 is 5.11 Å². The average Bonchev–Trinajstić information content (AvgIpc) is 2.82. The monoisotopic (exact) mass is 239 g/mol. The summed E-state index contributed by atoms with van der Waals surface area (Å²) in [7, 11) is 0. The van der Waals surface area contributed by atoms with Crippen molar-refractivity contribution in [1.82, 2.24) is 4.90 Å². The van der Waals surface area contributed by atoms with Gasteiger partial charge in [-0.05, 0) is 44.1 Å². The summed E-state index contributed by atoms with van der Waals surface area (Å²) in [5, 5.41) is 9.40. The lowest BCUT2D eigenvalue weighted by Crippen LogP contribution is -2.38. The molecule has 2 fully saturated rings. The van der Waals surface area contributed by atoms with Crippen molar-refractivity contribution in [3.63, 3.8) is 0 Å². The van der Waals surface area contributed by atoms with Crippen LogP contribution in [-0.4, -0.2) is 35.1 Å². The minimum atomic E-state index is -0.597. The number of rotatable bonds is 3. The Hall–Kier alpha value is -0.570. The summed E-state index contributed by atoms with van der Waals surface area (Å²) in [5.41, 5.74) is -0.0158. The maximum absolute atomic E-state index is 11.4. The molecule has 17 heavy (non-hydrogen) atoms. The Morgan fingerprint density at radius 1 is 1.41 bits per heavy atom. The molecule has 0 amide bonds. The molecule has 2 unspecified atom stereocenters. The van der Waals surface area contributed by atoms with Gasteiger partial charge in [-0.15, -0.1) is 0 Å². The summed E-state index contributed by atoms with van der Waals surface area (Å²) in [4.78, 5) is 13.9. The second-order valence-corrected chi connectivity index (χ2v) is 6.72. The second kappa shape index (κ2) is 4.27. The summed E-state index contributed by atoms with van der Waals surface area (Å²) < 4.78 is 0. The summed E-state index contributed by atoms with van der Waals surface area (Å²) in [6.45, 7) is 8.40. The molecular formula is C14H25NO2. The molecule has 0 aromatic rings. The topological polar surface area (TPSA) is 40.5 Å². The summed E-state index contributed by atoms with van der Waals surface area (Å²) in [5.74, 6) is -0.597. The van der Waals surface area contributed by atoms with Crippen LogP contribution in [0.3, 0.4) is 0 Å². The van der Waals surface area contributed by atoms with Crippen molar-refractivity contribution in [2.24, 2.45) is 10.8 Å². The zero-order chi connectivity index (χ0) is 12.7. The van der Waals surface area contributed by atoms with Crippen LogP contribution in [0, 0.1) is 10.8 Å². The van der Waals surface area contributed by atoms with Gasteiger partial charge in [0.05, 0.1) is 5.41 Å². The standard InChI is InChI=1S/C14H25NO2/c1-4-14(12(16)17)7-8-15(10-14)11-5-6-13(2,3)9-11/h11H,4-10H2,1-3H3,(H,16,17). The van der Waals surface area contributed by atoms with Gasteiger partial charge >= 0.3 is 5.97 Å². The molecule has 0 bridgehead atoms. The zero-order valence-electron chi connectivity index (χ0n) is 11.3. The first kappa shape index (κ1) is 12.9. The van der Waals surface area contributed by atoms with Crippen LogP contribution >= 0.6 is 0 Å². The third kappa shape index (κ3) is 2.35. The molecule has 0 spiro atoms. The number of nitrogens with zero attached hydrogens (tertiary/aromatic N) is 1. The Balaban J connectivity index is 2.01. The lowest BCUT2D eigenvalue weighted by atomic mass is 9.84. The van der Waals surface area contributed by atoms with E-state index in [-0.39, 0.29) is 0 Å². The van der Waals surface area contributed by atoms with Gasteiger partial charge in [0, 0.05) is 12.6 Å². The molecule has 98 valence electrons. The first-order valence-corrected chi connectivity index (χ1v) is 6.86. The highest BCUT2D eigenvalue weighted by atomic mass is 16.4. The molecule has 2 atom stereocenters. The van der Waals surface area contributed by atoms with Gasteiger partial charge in [-0.25, -0.2) is 0 Å². The van der Waals surface area contributed by atoms with Crippen LogP contribution in [0.2, 0.25) is 0 Å². The number of likely N-dealkylation sites (tertiary alicyclic amines) is 1. The molecule has 0 aromatic heterocycles. The second-order valence-electron chi connectivity index (χ2n) is 6.72. The highest BCUT2D eigenvalue weighted by Gasteiger charge is 2.46. The summed E-state index contributed by atoms with van der Waals surface area (Å²) in [6, 6.07) is 0.623. The fraction of sp³-hybridized carbons (Fsp3) is 0.929. The maximum atomic E-state index is 11.4.